The molecule has 1 fully saturated rings. The lowest BCUT2D eigenvalue weighted by Gasteiger charge is -2.14. The van der Waals surface area contributed by atoms with Gasteiger partial charge < -0.3 is 15.5 Å². The molecule has 2 N–H and O–H groups in total. The summed E-state index contributed by atoms with van der Waals surface area (Å²) in [5.41, 5.74) is 1.51. The van der Waals surface area contributed by atoms with E-state index in [0.717, 1.165) is 24.0 Å². The molecule has 6 nitrogen and oxygen atoms in total. The van der Waals surface area contributed by atoms with Crippen LogP contribution in [0.3, 0.4) is 0 Å². The Kier molecular flexibility index (Phi) is 4.79. The van der Waals surface area contributed by atoms with Gasteiger partial charge in [-0.15, -0.1) is 0 Å². The first kappa shape index (κ1) is 15.8. The average molecular weight is 316 g/mol. The fraction of sp³-hybridized carbons (Fsp3) is 0.588. The van der Waals surface area contributed by atoms with Crippen LogP contribution < -0.4 is 10.6 Å². The molecule has 1 aromatic heterocycles. The summed E-state index contributed by atoms with van der Waals surface area (Å²) < 4.78 is 0. The van der Waals surface area contributed by atoms with Crippen LogP contribution in [-0.4, -0.2) is 41.3 Å². The first-order valence-electron chi connectivity index (χ1n) is 8.41. The number of hydrogen-bond donors (Lipinski definition) is 2. The molecule has 1 aliphatic carbocycles. The third-order valence-corrected chi connectivity index (χ3v) is 4.63. The van der Waals surface area contributed by atoms with Crippen LogP contribution >= 0.6 is 0 Å². The molecule has 2 amide bonds. The van der Waals surface area contributed by atoms with E-state index in [9.17, 15) is 9.59 Å². The fourth-order valence-corrected chi connectivity index (χ4v) is 3.35. The van der Waals surface area contributed by atoms with Crippen molar-refractivity contribution in [1.82, 2.24) is 15.2 Å². The summed E-state index contributed by atoms with van der Waals surface area (Å²) in [7, 11) is 0. The molecule has 0 atom stereocenters. The number of hydrogen-bond acceptors (Lipinski definition) is 4. The maximum Gasteiger partial charge on any atom is 0.256 e. The van der Waals surface area contributed by atoms with Gasteiger partial charge in [-0.05, 0) is 30.9 Å². The van der Waals surface area contributed by atoms with Crippen molar-refractivity contribution in [2.75, 3.05) is 25.0 Å². The Balaban J connectivity index is 1.57. The monoisotopic (exact) mass is 316 g/mol. The predicted octanol–water partition coefficient (Wildman–Crippen LogP) is 1.78. The van der Waals surface area contributed by atoms with Gasteiger partial charge in [0.1, 0.15) is 5.82 Å². The number of fused-ring (bicyclic) bond motifs is 1. The lowest BCUT2D eigenvalue weighted by Crippen LogP contribution is -2.34. The molecule has 2 heterocycles. The fourth-order valence-electron chi connectivity index (χ4n) is 3.35. The van der Waals surface area contributed by atoms with Crippen LogP contribution in [0.5, 0.6) is 0 Å². The molecule has 2 aliphatic rings. The normalized spacial score (nSPS) is 17.4. The molecule has 0 spiro atoms. The molecule has 3 rings (SSSR count). The molecular formula is C17H24N4O2. The van der Waals surface area contributed by atoms with Gasteiger partial charge in [0.2, 0.25) is 5.91 Å². The van der Waals surface area contributed by atoms with E-state index in [-0.39, 0.29) is 11.8 Å². The van der Waals surface area contributed by atoms with Gasteiger partial charge in [-0.1, -0.05) is 12.8 Å². The number of amides is 2. The van der Waals surface area contributed by atoms with Crippen molar-refractivity contribution in [3.8, 4) is 0 Å². The Morgan fingerprint density at radius 1 is 1.35 bits per heavy atom. The van der Waals surface area contributed by atoms with Crippen LogP contribution in [0, 0.1) is 5.92 Å². The molecule has 0 aromatic carbocycles. The van der Waals surface area contributed by atoms with Gasteiger partial charge in [0, 0.05) is 26.6 Å². The number of nitrogens with zero attached hydrogens (tertiary/aromatic N) is 2. The van der Waals surface area contributed by atoms with Crippen LogP contribution in [0.15, 0.2) is 12.1 Å². The van der Waals surface area contributed by atoms with Gasteiger partial charge in [0.25, 0.3) is 5.91 Å². The highest BCUT2D eigenvalue weighted by atomic mass is 16.2. The third-order valence-electron chi connectivity index (χ3n) is 4.63. The first-order chi connectivity index (χ1) is 11.1. The summed E-state index contributed by atoms with van der Waals surface area (Å²) >= 11 is 0. The summed E-state index contributed by atoms with van der Waals surface area (Å²) in [5.74, 6) is 1.53. The maximum atomic E-state index is 12.3. The Hall–Kier alpha value is -2.11. The molecule has 0 saturated heterocycles. The van der Waals surface area contributed by atoms with E-state index in [4.69, 9.17) is 0 Å². The number of anilines is 1. The molecule has 0 radical (unpaired) electrons. The summed E-state index contributed by atoms with van der Waals surface area (Å²) in [6.07, 6.45) is 5.27. The number of aromatic nitrogens is 1. The largest absolute Gasteiger partial charge is 0.370 e. The maximum absolute atomic E-state index is 12.3. The second-order valence-electron chi connectivity index (χ2n) is 6.43. The van der Waals surface area contributed by atoms with Crippen molar-refractivity contribution < 1.29 is 9.59 Å². The Morgan fingerprint density at radius 3 is 2.87 bits per heavy atom. The highest BCUT2D eigenvalue weighted by molar-refractivity contribution is 5.98. The Labute approximate surface area is 136 Å². The topological polar surface area (TPSA) is 74.3 Å². The minimum Gasteiger partial charge on any atom is -0.370 e. The lowest BCUT2D eigenvalue weighted by molar-refractivity contribution is -0.119. The minimum absolute atomic E-state index is 0.000181. The molecule has 1 saturated carbocycles. The average Bonchev–Trinajstić information content (AvgIpc) is 3.14. The highest BCUT2D eigenvalue weighted by Crippen LogP contribution is 2.26. The number of rotatable bonds is 6. The number of nitrogens with one attached hydrogen (secondary N) is 2. The SMILES string of the molecule is CC(=O)NCCN1Cc2nc(NCC3CCCC3)ccc2C1=O. The van der Waals surface area contributed by atoms with Crippen molar-refractivity contribution in [3.63, 3.8) is 0 Å². The van der Waals surface area contributed by atoms with Gasteiger partial charge in [-0.2, -0.15) is 0 Å². The quantitative estimate of drug-likeness (QED) is 0.839. The second-order valence-corrected chi connectivity index (χ2v) is 6.43. The minimum atomic E-state index is -0.0781. The summed E-state index contributed by atoms with van der Waals surface area (Å²) in [6, 6.07) is 3.75. The smallest absolute Gasteiger partial charge is 0.256 e. The number of carbonyl (C=O) groups is 2. The van der Waals surface area contributed by atoms with Gasteiger partial charge in [-0.25, -0.2) is 4.98 Å². The molecule has 124 valence electrons. The summed E-state index contributed by atoms with van der Waals surface area (Å²) in [6.45, 7) is 3.95. The zero-order chi connectivity index (χ0) is 16.2. The van der Waals surface area contributed by atoms with Crippen LogP contribution in [0.4, 0.5) is 5.82 Å². The highest BCUT2D eigenvalue weighted by Gasteiger charge is 2.28. The van der Waals surface area contributed by atoms with Gasteiger partial charge in [0.15, 0.2) is 0 Å². The zero-order valence-corrected chi connectivity index (χ0v) is 13.6. The van der Waals surface area contributed by atoms with Crippen molar-refractivity contribution in [2.45, 2.75) is 39.2 Å². The van der Waals surface area contributed by atoms with E-state index in [0.29, 0.717) is 25.2 Å². The van der Waals surface area contributed by atoms with E-state index in [1.807, 2.05) is 12.1 Å². The second kappa shape index (κ2) is 6.98. The van der Waals surface area contributed by atoms with E-state index < -0.39 is 0 Å². The molecule has 0 unspecified atom stereocenters. The Morgan fingerprint density at radius 2 is 2.13 bits per heavy atom. The van der Waals surface area contributed by atoms with Gasteiger partial charge in [0.05, 0.1) is 17.8 Å². The number of carbonyl (C=O) groups excluding carboxylic acids is 2. The molecular weight excluding hydrogens is 292 g/mol. The predicted molar refractivity (Wildman–Crippen MR) is 88.1 cm³/mol. The molecule has 1 aliphatic heterocycles. The third kappa shape index (κ3) is 3.81. The van der Waals surface area contributed by atoms with Crippen LogP contribution in [0.1, 0.15) is 48.7 Å². The Bertz CT molecular complexity index is 596. The van der Waals surface area contributed by atoms with Crippen molar-refractivity contribution in [1.29, 1.82) is 0 Å². The summed E-state index contributed by atoms with van der Waals surface area (Å²) in [5, 5.41) is 6.12. The molecule has 6 heteroatoms. The van der Waals surface area contributed by atoms with Gasteiger partial charge in [-0.3, -0.25) is 9.59 Å². The van der Waals surface area contributed by atoms with Crippen molar-refractivity contribution in [3.05, 3.63) is 23.4 Å². The number of pyridine rings is 1. The standard InChI is InChI=1S/C17H24N4O2/c1-12(22)18-8-9-21-11-15-14(17(21)23)6-7-16(20-15)19-10-13-4-2-3-5-13/h6-7,13H,2-5,8-11H2,1H3,(H,18,22)(H,19,20). The molecule has 23 heavy (non-hydrogen) atoms. The van der Waals surface area contributed by atoms with E-state index in [2.05, 4.69) is 15.6 Å². The van der Waals surface area contributed by atoms with E-state index in [1.165, 1.54) is 32.6 Å². The van der Waals surface area contributed by atoms with Crippen LogP contribution in [0.2, 0.25) is 0 Å². The van der Waals surface area contributed by atoms with Crippen LogP contribution in [0.25, 0.3) is 0 Å². The van der Waals surface area contributed by atoms with Crippen molar-refractivity contribution >= 4 is 17.6 Å². The van der Waals surface area contributed by atoms with Crippen LogP contribution in [-0.2, 0) is 11.3 Å². The van der Waals surface area contributed by atoms with E-state index in [1.54, 1.807) is 4.90 Å². The van der Waals surface area contributed by atoms with E-state index >= 15 is 0 Å². The molecule has 1 aromatic rings. The summed E-state index contributed by atoms with van der Waals surface area (Å²) in [4.78, 5) is 29.5. The van der Waals surface area contributed by atoms with Crippen molar-refractivity contribution in [2.24, 2.45) is 5.92 Å². The zero-order valence-electron chi connectivity index (χ0n) is 13.6. The van der Waals surface area contributed by atoms with Gasteiger partial charge >= 0.3 is 0 Å². The first-order valence-corrected chi connectivity index (χ1v) is 8.41. The molecule has 0 bridgehead atoms. The lowest BCUT2D eigenvalue weighted by atomic mass is 10.1.